The standard InChI is InChI=1S/C8H8F2O2/c1-12-7-4-5(11)2-3-6(7)8(9)10/h2-4,8,11H,1H3. The normalized spacial score (nSPS) is 10.3. The van der Waals surface area contributed by atoms with Crippen molar-refractivity contribution in [1.82, 2.24) is 0 Å². The molecule has 1 aromatic rings. The van der Waals surface area contributed by atoms with Crippen LogP contribution in [0.15, 0.2) is 18.2 Å². The number of benzene rings is 1. The van der Waals surface area contributed by atoms with Gasteiger partial charge in [0.25, 0.3) is 6.43 Å². The van der Waals surface area contributed by atoms with E-state index in [0.717, 1.165) is 12.1 Å². The first-order chi connectivity index (χ1) is 5.65. The van der Waals surface area contributed by atoms with Crippen LogP contribution in [0.3, 0.4) is 0 Å². The van der Waals surface area contributed by atoms with Crippen molar-refractivity contribution in [3.63, 3.8) is 0 Å². The maximum absolute atomic E-state index is 12.2. The molecule has 0 heterocycles. The van der Waals surface area contributed by atoms with Gasteiger partial charge >= 0.3 is 0 Å². The van der Waals surface area contributed by atoms with Crippen molar-refractivity contribution in [1.29, 1.82) is 0 Å². The molecule has 0 aromatic heterocycles. The largest absolute Gasteiger partial charge is 0.508 e. The van der Waals surface area contributed by atoms with Crippen LogP contribution in [0.25, 0.3) is 0 Å². The summed E-state index contributed by atoms with van der Waals surface area (Å²) in [5.41, 5.74) is -0.213. The van der Waals surface area contributed by atoms with Crippen LogP contribution in [0, 0.1) is 0 Å². The Bertz CT molecular complexity index is 274. The molecule has 4 heteroatoms. The van der Waals surface area contributed by atoms with Gasteiger partial charge in [-0.2, -0.15) is 0 Å². The zero-order chi connectivity index (χ0) is 9.14. The Labute approximate surface area is 68.4 Å². The minimum Gasteiger partial charge on any atom is -0.508 e. The highest BCUT2D eigenvalue weighted by molar-refractivity contribution is 5.40. The summed E-state index contributed by atoms with van der Waals surface area (Å²) in [7, 11) is 1.28. The average molecular weight is 174 g/mol. The molecule has 0 radical (unpaired) electrons. The molecule has 0 aliphatic carbocycles. The smallest absolute Gasteiger partial charge is 0.267 e. The van der Waals surface area contributed by atoms with Gasteiger partial charge in [0.1, 0.15) is 11.5 Å². The van der Waals surface area contributed by atoms with Gasteiger partial charge in [0.2, 0.25) is 0 Å². The van der Waals surface area contributed by atoms with Gasteiger partial charge in [-0.1, -0.05) is 0 Å². The van der Waals surface area contributed by atoms with Crippen LogP contribution in [0.5, 0.6) is 11.5 Å². The molecule has 1 rings (SSSR count). The first kappa shape index (κ1) is 8.77. The predicted molar refractivity (Wildman–Crippen MR) is 39.6 cm³/mol. The minimum absolute atomic E-state index is 0.00463. The lowest BCUT2D eigenvalue weighted by Gasteiger charge is -2.06. The van der Waals surface area contributed by atoms with Crippen LogP contribution >= 0.6 is 0 Å². The highest BCUT2D eigenvalue weighted by atomic mass is 19.3. The molecule has 0 fully saturated rings. The fourth-order valence-electron chi connectivity index (χ4n) is 0.880. The zero-order valence-electron chi connectivity index (χ0n) is 6.42. The van der Waals surface area contributed by atoms with Crippen LogP contribution in [0.4, 0.5) is 8.78 Å². The van der Waals surface area contributed by atoms with Gasteiger partial charge in [0.05, 0.1) is 12.7 Å². The van der Waals surface area contributed by atoms with Crippen LogP contribution in [0.2, 0.25) is 0 Å². The molecule has 1 aromatic carbocycles. The maximum atomic E-state index is 12.2. The molecule has 0 aliphatic rings. The van der Waals surface area contributed by atoms with Gasteiger partial charge in [-0.15, -0.1) is 0 Å². The second kappa shape index (κ2) is 3.38. The summed E-state index contributed by atoms with van der Waals surface area (Å²) in [5, 5.41) is 8.93. The average Bonchev–Trinajstić information content (AvgIpc) is 2.03. The van der Waals surface area contributed by atoms with Crippen molar-refractivity contribution >= 4 is 0 Å². The molecule has 0 saturated carbocycles. The summed E-state index contributed by atoms with van der Waals surface area (Å²) in [5.74, 6) is -0.0822. The number of phenolic OH excluding ortho intramolecular Hbond substituents is 1. The van der Waals surface area contributed by atoms with E-state index >= 15 is 0 Å². The summed E-state index contributed by atoms with van der Waals surface area (Å²) in [6.45, 7) is 0. The van der Waals surface area contributed by atoms with E-state index in [2.05, 4.69) is 4.74 Å². The fourth-order valence-corrected chi connectivity index (χ4v) is 0.880. The van der Waals surface area contributed by atoms with E-state index in [9.17, 15) is 8.78 Å². The highest BCUT2D eigenvalue weighted by Gasteiger charge is 2.13. The van der Waals surface area contributed by atoms with E-state index in [1.807, 2.05) is 0 Å². The number of aromatic hydroxyl groups is 1. The number of rotatable bonds is 2. The van der Waals surface area contributed by atoms with E-state index in [-0.39, 0.29) is 17.1 Å². The molecule has 0 amide bonds. The van der Waals surface area contributed by atoms with Crippen LogP contribution in [-0.2, 0) is 0 Å². The van der Waals surface area contributed by atoms with Gasteiger partial charge in [-0.05, 0) is 12.1 Å². The SMILES string of the molecule is COc1cc(O)ccc1C(F)F. The van der Waals surface area contributed by atoms with Gasteiger partial charge < -0.3 is 9.84 Å². The number of hydrogen-bond donors (Lipinski definition) is 1. The van der Waals surface area contributed by atoms with E-state index in [1.165, 1.54) is 13.2 Å². The third-order valence-electron chi connectivity index (χ3n) is 1.45. The Balaban J connectivity index is 3.11. The van der Waals surface area contributed by atoms with Crippen molar-refractivity contribution in [3.8, 4) is 11.5 Å². The molecule has 0 saturated heterocycles. The first-order valence-corrected chi connectivity index (χ1v) is 3.30. The predicted octanol–water partition coefficient (Wildman–Crippen LogP) is 2.34. The Morgan fingerprint density at radius 3 is 2.58 bits per heavy atom. The van der Waals surface area contributed by atoms with Gasteiger partial charge in [-0.3, -0.25) is 0 Å². The quantitative estimate of drug-likeness (QED) is 0.745. The second-order valence-corrected chi connectivity index (χ2v) is 2.23. The molecule has 0 bridgehead atoms. The topological polar surface area (TPSA) is 29.5 Å². The lowest BCUT2D eigenvalue weighted by atomic mass is 10.2. The van der Waals surface area contributed by atoms with Crippen molar-refractivity contribution in [2.75, 3.05) is 7.11 Å². The molecule has 0 atom stereocenters. The lowest BCUT2D eigenvalue weighted by molar-refractivity contribution is 0.147. The van der Waals surface area contributed by atoms with Gasteiger partial charge in [-0.25, -0.2) is 8.78 Å². The summed E-state index contributed by atoms with van der Waals surface area (Å²) < 4.78 is 29.0. The number of alkyl halides is 2. The fraction of sp³-hybridized carbons (Fsp3) is 0.250. The van der Waals surface area contributed by atoms with E-state index < -0.39 is 6.43 Å². The Morgan fingerprint density at radius 1 is 1.42 bits per heavy atom. The van der Waals surface area contributed by atoms with E-state index in [4.69, 9.17) is 5.11 Å². The van der Waals surface area contributed by atoms with Gasteiger partial charge in [0, 0.05) is 6.07 Å². The van der Waals surface area contributed by atoms with Crippen LogP contribution in [0.1, 0.15) is 12.0 Å². The Morgan fingerprint density at radius 2 is 2.08 bits per heavy atom. The highest BCUT2D eigenvalue weighted by Crippen LogP contribution is 2.31. The molecule has 1 N–H and O–H groups in total. The Hall–Kier alpha value is -1.32. The summed E-state index contributed by atoms with van der Waals surface area (Å²) in [4.78, 5) is 0. The minimum atomic E-state index is -2.58. The van der Waals surface area contributed by atoms with Gasteiger partial charge in [0.15, 0.2) is 0 Å². The molecule has 66 valence electrons. The lowest BCUT2D eigenvalue weighted by Crippen LogP contribution is -1.91. The molecule has 0 aliphatic heterocycles. The molecule has 2 nitrogen and oxygen atoms in total. The monoisotopic (exact) mass is 174 g/mol. The third kappa shape index (κ3) is 1.64. The molecule has 0 unspecified atom stereocenters. The number of halogens is 2. The van der Waals surface area contributed by atoms with Crippen molar-refractivity contribution < 1.29 is 18.6 Å². The van der Waals surface area contributed by atoms with E-state index in [1.54, 1.807) is 0 Å². The Kier molecular flexibility index (Phi) is 2.47. The van der Waals surface area contributed by atoms with Crippen molar-refractivity contribution in [2.24, 2.45) is 0 Å². The first-order valence-electron chi connectivity index (χ1n) is 3.30. The molecular formula is C8H8F2O2. The van der Waals surface area contributed by atoms with Crippen LogP contribution < -0.4 is 4.74 Å². The summed E-state index contributed by atoms with van der Waals surface area (Å²) in [6, 6.07) is 3.49. The van der Waals surface area contributed by atoms with Crippen molar-refractivity contribution in [3.05, 3.63) is 23.8 Å². The zero-order valence-corrected chi connectivity index (χ0v) is 6.42. The number of methoxy groups -OCH3 is 1. The molecule has 12 heavy (non-hydrogen) atoms. The van der Waals surface area contributed by atoms with Crippen LogP contribution in [-0.4, -0.2) is 12.2 Å². The number of ether oxygens (including phenoxy) is 1. The van der Waals surface area contributed by atoms with E-state index in [0.29, 0.717) is 0 Å². The number of hydrogen-bond acceptors (Lipinski definition) is 2. The molecular weight excluding hydrogens is 166 g/mol. The number of phenols is 1. The summed E-state index contributed by atoms with van der Waals surface area (Å²) in [6.07, 6.45) is -2.58. The summed E-state index contributed by atoms with van der Waals surface area (Å²) >= 11 is 0. The molecule has 0 spiro atoms. The third-order valence-corrected chi connectivity index (χ3v) is 1.45. The second-order valence-electron chi connectivity index (χ2n) is 2.23. The maximum Gasteiger partial charge on any atom is 0.267 e. The van der Waals surface area contributed by atoms with Crippen molar-refractivity contribution in [2.45, 2.75) is 6.43 Å².